The predicted octanol–water partition coefficient (Wildman–Crippen LogP) is -5.61. The van der Waals surface area contributed by atoms with Crippen LogP contribution in [-0.4, -0.2) is 174 Å². The molecule has 3 aliphatic heterocycles. The molecule has 0 bridgehead atoms. The van der Waals surface area contributed by atoms with Crippen LogP contribution in [0.3, 0.4) is 0 Å². The van der Waals surface area contributed by atoms with E-state index in [4.69, 9.17) is 37.9 Å². The fraction of sp³-hybridized carbons (Fsp3) is 1.00. The Morgan fingerprint density at radius 3 is 1.30 bits per heavy atom. The highest BCUT2D eigenvalue weighted by Crippen LogP contribution is 2.33. The molecule has 3 aliphatic rings. The fourth-order valence-corrected chi connectivity index (χ4v) is 4.75. The Balaban J connectivity index is 1.78. The van der Waals surface area contributed by atoms with E-state index in [9.17, 15) is 40.9 Å². The number of rotatable bonds is 10. The number of hydrogen-bond acceptors (Lipinski definition) is 16. The molecule has 37 heavy (non-hydrogen) atoms. The van der Waals surface area contributed by atoms with Crippen LogP contribution < -0.4 is 0 Å². The number of hydrogen-bond donors (Lipinski definition) is 8. The summed E-state index contributed by atoms with van der Waals surface area (Å²) < 4.78 is 44.0. The fourth-order valence-electron chi connectivity index (χ4n) is 4.75. The second-order valence-corrected chi connectivity index (χ2v) is 8.97. The van der Waals surface area contributed by atoms with Crippen molar-refractivity contribution in [3.63, 3.8) is 0 Å². The van der Waals surface area contributed by atoms with E-state index in [1.165, 1.54) is 21.3 Å². The maximum absolute atomic E-state index is 11.0. The van der Waals surface area contributed by atoms with Gasteiger partial charge in [0.2, 0.25) is 0 Å². The van der Waals surface area contributed by atoms with Gasteiger partial charge in [0, 0.05) is 21.3 Å². The molecule has 0 aromatic heterocycles. The smallest absolute Gasteiger partial charge is 0.187 e. The Bertz CT molecular complexity index is 685. The van der Waals surface area contributed by atoms with Crippen molar-refractivity contribution in [2.45, 2.75) is 92.1 Å². The SMILES string of the molecule is CO[C@H]1O[C@H](CO)[C@@H](O[C@H]2O[C@H](CO)[C@@H](O[C@H]3O[C@H](CO)[C@@H](O)[C@H](O)[C@@H]3O)[C@H](OC)[C@@H]2O)[C@H](OC)[C@@H]1O. The molecule has 0 aromatic carbocycles. The summed E-state index contributed by atoms with van der Waals surface area (Å²) in [6.07, 6.45) is -20.5. The van der Waals surface area contributed by atoms with Crippen molar-refractivity contribution in [1.82, 2.24) is 0 Å². The molecule has 16 heteroatoms. The minimum atomic E-state index is -1.75. The van der Waals surface area contributed by atoms with Gasteiger partial charge < -0.3 is 78.7 Å². The first-order valence-corrected chi connectivity index (χ1v) is 11.8. The summed E-state index contributed by atoms with van der Waals surface area (Å²) in [5.74, 6) is 0. The maximum Gasteiger partial charge on any atom is 0.187 e. The minimum Gasteiger partial charge on any atom is -0.394 e. The highest BCUT2D eigenvalue weighted by atomic mass is 16.8. The molecule has 0 unspecified atom stereocenters. The highest BCUT2D eigenvalue weighted by Gasteiger charge is 2.54. The van der Waals surface area contributed by atoms with E-state index in [1.54, 1.807) is 0 Å². The van der Waals surface area contributed by atoms with Gasteiger partial charge in [0.25, 0.3) is 0 Å². The van der Waals surface area contributed by atoms with E-state index in [0.29, 0.717) is 0 Å². The molecular weight excluding hydrogens is 508 g/mol. The lowest BCUT2D eigenvalue weighted by Crippen LogP contribution is -2.67. The standard InChI is InChI=1S/C21H38O16/c1-30-17-13(28)19(32-3)34-8(5-23)15(17)37-21-14(29)18(31-2)16(9(6-24)35-21)36-20-12(27)11(26)10(25)7(4-22)33-20/h7-29H,4-6H2,1-3H3/t7-,8-,9-,10-,11+,12+,13+,14+,15-,16-,17-,18-,19+,20-,21-/m1/s1. The molecule has 218 valence electrons. The van der Waals surface area contributed by atoms with E-state index in [2.05, 4.69) is 0 Å². The Kier molecular flexibility index (Phi) is 11.4. The summed E-state index contributed by atoms with van der Waals surface area (Å²) in [7, 11) is 3.84. The van der Waals surface area contributed by atoms with Crippen molar-refractivity contribution in [1.29, 1.82) is 0 Å². The van der Waals surface area contributed by atoms with Gasteiger partial charge in [0.15, 0.2) is 18.9 Å². The minimum absolute atomic E-state index is 0.556. The molecule has 8 N–H and O–H groups in total. The summed E-state index contributed by atoms with van der Waals surface area (Å²) in [5.41, 5.74) is 0. The molecule has 16 nitrogen and oxygen atoms in total. The van der Waals surface area contributed by atoms with E-state index in [-0.39, 0.29) is 0 Å². The van der Waals surface area contributed by atoms with Gasteiger partial charge in [-0.05, 0) is 0 Å². The third kappa shape index (κ3) is 6.25. The zero-order valence-corrected chi connectivity index (χ0v) is 20.6. The Morgan fingerprint density at radius 1 is 0.459 bits per heavy atom. The van der Waals surface area contributed by atoms with E-state index in [1.807, 2.05) is 0 Å². The molecule has 3 heterocycles. The first-order valence-electron chi connectivity index (χ1n) is 11.8. The number of aliphatic hydroxyl groups excluding tert-OH is 8. The van der Waals surface area contributed by atoms with Crippen LogP contribution in [-0.2, 0) is 37.9 Å². The molecule has 0 aliphatic carbocycles. The molecule has 3 saturated heterocycles. The van der Waals surface area contributed by atoms with Gasteiger partial charge in [-0.2, -0.15) is 0 Å². The Labute approximate surface area is 212 Å². The van der Waals surface area contributed by atoms with Crippen LogP contribution in [0.2, 0.25) is 0 Å². The summed E-state index contributed by atoms with van der Waals surface area (Å²) in [5, 5.41) is 81.1. The number of methoxy groups -OCH3 is 3. The molecule has 0 saturated carbocycles. The average molecular weight is 547 g/mol. The topological polar surface area (TPSA) is 236 Å². The summed E-state index contributed by atoms with van der Waals surface area (Å²) in [6, 6.07) is 0. The van der Waals surface area contributed by atoms with E-state index in [0.717, 1.165) is 0 Å². The molecule has 3 fully saturated rings. The van der Waals surface area contributed by atoms with Crippen LogP contribution in [0.4, 0.5) is 0 Å². The van der Waals surface area contributed by atoms with Gasteiger partial charge in [0.1, 0.15) is 73.2 Å². The van der Waals surface area contributed by atoms with Crippen molar-refractivity contribution in [3.05, 3.63) is 0 Å². The van der Waals surface area contributed by atoms with Crippen LogP contribution in [0.5, 0.6) is 0 Å². The van der Waals surface area contributed by atoms with Crippen LogP contribution in [0.1, 0.15) is 0 Å². The van der Waals surface area contributed by atoms with Crippen molar-refractivity contribution in [3.8, 4) is 0 Å². The molecule has 15 atom stereocenters. The summed E-state index contributed by atoms with van der Waals surface area (Å²) >= 11 is 0. The van der Waals surface area contributed by atoms with Gasteiger partial charge in [0.05, 0.1) is 19.8 Å². The molecule has 0 radical (unpaired) electrons. The van der Waals surface area contributed by atoms with E-state index >= 15 is 0 Å². The normalized spacial score (nSPS) is 49.2. The maximum atomic E-state index is 11.0. The molecule has 3 rings (SSSR count). The Hall–Kier alpha value is -0.640. The van der Waals surface area contributed by atoms with Gasteiger partial charge in [-0.3, -0.25) is 0 Å². The summed E-state index contributed by atoms with van der Waals surface area (Å²) in [6.45, 7) is -1.92. The highest BCUT2D eigenvalue weighted by molar-refractivity contribution is 4.97. The zero-order chi connectivity index (χ0) is 27.4. The molecular formula is C21H38O16. The average Bonchev–Trinajstić information content (AvgIpc) is 2.90. The van der Waals surface area contributed by atoms with Crippen molar-refractivity contribution >= 4 is 0 Å². The first-order chi connectivity index (χ1) is 17.7. The second-order valence-electron chi connectivity index (χ2n) is 8.97. The second kappa shape index (κ2) is 13.6. The third-order valence-corrected chi connectivity index (χ3v) is 6.80. The zero-order valence-electron chi connectivity index (χ0n) is 20.6. The molecule has 0 amide bonds. The van der Waals surface area contributed by atoms with Crippen molar-refractivity contribution in [2.24, 2.45) is 0 Å². The van der Waals surface area contributed by atoms with Crippen molar-refractivity contribution in [2.75, 3.05) is 41.2 Å². The monoisotopic (exact) mass is 546 g/mol. The predicted molar refractivity (Wildman–Crippen MR) is 116 cm³/mol. The van der Waals surface area contributed by atoms with Crippen LogP contribution >= 0.6 is 0 Å². The lowest BCUT2D eigenvalue weighted by molar-refractivity contribution is -0.380. The van der Waals surface area contributed by atoms with Crippen LogP contribution in [0, 0.1) is 0 Å². The first kappa shape index (κ1) is 30.9. The van der Waals surface area contributed by atoms with E-state index < -0.39 is 112 Å². The third-order valence-electron chi connectivity index (χ3n) is 6.80. The summed E-state index contributed by atoms with van der Waals surface area (Å²) in [4.78, 5) is 0. The van der Waals surface area contributed by atoms with Gasteiger partial charge in [-0.25, -0.2) is 0 Å². The lowest BCUT2D eigenvalue weighted by atomic mass is 9.96. The van der Waals surface area contributed by atoms with Gasteiger partial charge in [-0.15, -0.1) is 0 Å². The molecule has 0 aromatic rings. The molecule has 0 spiro atoms. The number of aliphatic hydroxyl groups is 8. The van der Waals surface area contributed by atoms with Crippen molar-refractivity contribution < 1.29 is 78.7 Å². The van der Waals surface area contributed by atoms with Crippen LogP contribution in [0.15, 0.2) is 0 Å². The quantitative estimate of drug-likeness (QED) is 0.127. The largest absolute Gasteiger partial charge is 0.394 e. The lowest BCUT2D eigenvalue weighted by Gasteiger charge is -2.49. The van der Waals surface area contributed by atoms with Gasteiger partial charge >= 0.3 is 0 Å². The Morgan fingerprint density at radius 2 is 0.865 bits per heavy atom. The van der Waals surface area contributed by atoms with Crippen LogP contribution in [0.25, 0.3) is 0 Å². The van der Waals surface area contributed by atoms with Gasteiger partial charge in [-0.1, -0.05) is 0 Å². The number of ether oxygens (including phenoxy) is 8.